The second-order valence-electron chi connectivity index (χ2n) is 4.67. The van der Waals surface area contributed by atoms with Crippen molar-refractivity contribution in [3.8, 4) is 11.3 Å². The summed E-state index contributed by atoms with van der Waals surface area (Å²) in [6.07, 6.45) is 3.28. The van der Waals surface area contributed by atoms with Crippen LogP contribution in [-0.4, -0.2) is 29.1 Å². The van der Waals surface area contributed by atoms with Crippen LogP contribution in [-0.2, 0) is 17.1 Å². The normalized spacial score (nSPS) is 11.3. The molecule has 118 valence electrons. The first kappa shape index (κ1) is 15.4. The molecule has 0 radical (unpaired) electrons. The molecule has 0 unspecified atom stereocenters. The number of hydrogen-bond acceptors (Lipinski definition) is 6. The number of amides is 1. The fourth-order valence-electron chi connectivity index (χ4n) is 2.00. The Morgan fingerprint density at radius 3 is 2.83 bits per heavy atom. The van der Waals surface area contributed by atoms with Gasteiger partial charge in [0.1, 0.15) is 0 Å². The smallest absolute Gasteiger partial charge is 0.267 e. The molecule has 0 fully saturated rings. The first-order valence-corrected chi connectivity index (χ1v) is 8.94. The number of pyridine rings is 1. The first-order chi connectivity index (χ1) is 11.0. The molecule has 1 amide bonds. The zero-order chi connectivity index (χ0) is 16.4. The molecule has 3 heterocycles. The summed E-state index contributed by atoms with van der Waals surface area (Å²) >= 11 is 1.24. The van der Waals surface area contributed by atoms with E-state index in [9.17, 15) is 13.2 Å². The van der Waals surface area contributed by atoms with Gasteiger partial charge >= 0.3 is 0 Å². The van der Waals surface area contributed by atoms with Crippen LogP contribution in [0.15, 0.2) is 52.3 Å². The summed E-state index contributed by atoms with van der Waals surface area (Å²) in [6.45, 7) is 0. The monoisotopic (exact) mass is 348 g/mol. The van der Waals surface area contributed by atoms with Gasteiger partial charge in [-0.25, -0.2) is 13.1 Å². The molecular formula is C14H12N4O3S2. The van der Waals surface area contributed by atoms with Gasteiger partial charge in [-0.3, -0.25) is 14.5 Å². The van der Waals surface area contributed by atoms with E-state index in [1.807, 2.05) is 10.8 Å². The maximum atomic E-state index is 12.2. The molecule has 7 nitrogen and oxygen atoms in total. The van der Waals surface area contributed by atoms with Crippen molar-refractivity contribution in [1.29, 1.82) is 0 Å². The van der Waals surface area contributed by atoms with Crippen molar-refractivity contribution in [3.63, 3.8) is 0 Å². The minimum absolute atomic E-state index is 0.0187. The standard InChI is InChI=1S/C14H12N4O3S2/c1-18-13(10-3-2-5-15-8-10)7-12(16-18)14(19)17-23(20,21)11-4-6-22-9-11/h2-9H,1H3,(H,17,19). The van der Waals surface area contributed by atoms with Crippen molar-refractivity contribution in [1.82, 2.24) is 19.5 Å². The molecule has 9 heteroatoms. The topological polar surface area (TPSA) is 94.0 Å². The summed E-state index contributed by atoms with van der Waals surface area (Å²) in [5, 5.41) is 7.15. The van der Waals surface area contributed by atoms with E-state index in [2.05, 4.69) is 10.1 Å². The number of nitrogens with one attached hydrogen (secondary N) is 1. The molecule has 0 aliphatic carbocycles. The lowest BCUT2D eigenvalue weighted by molar-refractivity contribution is 0.0976. The summed E-state index contributed by atoms with van der Waals surface area (Å²) in [6, 6.07) is 6.55. The maximum absolute atomic E-state index is 12.2. The summed E-state index contributed by atoms with van der Waals surface area (Å²) in [5.41, 5.74) is 1.46. The Morgan fingerprint density at radius 2 is 2.17 bits per heavy atom. The van der Waals surface area contributed by atoms with Crippen molar-refractivity contribution in [2.75, 3.05) is 0 Å². The van der Waals surface area contributed by atoms with Crippen LogP contribution in [0, 0.1) is 0 Å². The van der Waals surface area contributed by atoms with Gasteiger partial charge in [0.25, 0.3) is 15.9 Å². The Kier molecular flexibility index (Phi) is 3.97. The van der Waals surface area contributed by atoms with Gasteiger partial charge in [-0.2, -0.15) is 16.4 Å². The maximum Gasteiger partial charge on any atom is 0.285 e. The lowest BCUT2D eigenvalue weighted by Crippen LogP contribution is -2.30. The van der Waals surface area contributed by atoms with Crippen LogP contribution in [0.5, 0.6) is 0 Å². The van der Waals surface area contributed by atoms with E-state index in [1.54, 1.807) is 30.9 Å². The number of rotatable bonds is 4. The third-order valence-electron chi connectivity index (χ3n) is 3.10. The molecule has 0 aliphatic rings. The first-order valence-electron chi connectivity index (χ1n) is 6.51. The van der Waals surface area contributed by atoms with Crippen LogP contribution >= 0.6 is 11.3 Å². The van der Waals surface area contributed by atoms with Crippen molar-refractivity contribution in [3.05, 3.63) is 53.1 Å². The molecule has 0 spiro atoms. The van der Waals surface area contributed by atoms with Crippen LogP contribution in [0.25, 0.3) is 11.3 Å². The van der Waals surface area contributed by atoms with Gasteiger partial charge in [-0.1, -0.05) is 0 Å². The van der Waals surface area contributed by atoms with Crippen LogP contribution in [0.4, 0.5) is 0 Å². The molecule has 23 heavy (non-hydrogen) atoms. The second-order valence-corrected chi connectivity index (χ2v) is 7.14. The van der Waals surface area contributed by atoms with Crippen molar-refractivity contribution >= 4 is 27.3 Å². The predicted octanol–water partition coefficient (Wildman–Crippen LogP) is 1.66. The molecule has 0 atom stereocenters. The van der Waals surface area contributed by atoms with Crippen molar-refractivity contribution in [2.24, 2.45) is 7.05 Å². The van der Waals surface area contributed by atoms with Crippen molar-refractivity contribution < 1.29 is 13.2 Å². The third kappa shape index (κ3) is 3.15. The number of thiophene rings is 1. The summed E-state index contributed by atoms with van der Waals surface area (Å²) in [4.78, 5) is 16.2. The highest BCUT2D eigenvalue weighted by molar-refractivity contribution is 7.90. The van der Waals surface area contributed by atoms with Crippen LogP contribution < -0.4 is 4.72 Å². The number of carbonyl (C=O) groups is 1. The number of carbonyl (C=O) groups excluding carboxylic acids is 1. The highest BCUT2D eigenvalue weighted by Crippen LogP contribution is 2.19. The quantitative estimate of drug-likeness (QED) is 0.774. The minimum atomic E-state index is -3.88. The van der Waals surface area contributed by atoms with Crippen LogP contribution in [0.2, 0.25) is 0 Å². The number of aromatic nitrogens is 3. The Balaban J connectivity index is 1.87. The zero-order valence-electron chi connectivity index (χ0n) is 12.0. The van der Waals surface area contributed by atoms with Gasteiger partial charge in [0.05, 0.1) is 10.6 Å². The van der Waals surface area contributed by atoms with Gasteiger partial charge in [0.15, 0.2) is 5.69 Å². The third-order valence-corrected chi connectivity index (χ3v) is 5.26. The summed E-state index contributed by atoms with van der Waals surface area (Å²) in [5.74, 6) is -0.776. The molecule has 0 aromatic carbocycles. The lowest BCUT2D eigenvalue weighted by atomic mass is 10.2. The SMILES string of the molecule is Cn1nc(C(=O)NS(=O)(=O)c2ccsc2)cc1-c1cccnc1. The largest absolute Gasteiger partial charge is 0.285 e. The molecule has 3 aromatic heterocycles. The molecule has 0 bridgehead atoms. The van der Waals surface area contributed by atoms with E-state index in [1.165, 1.54) is 33.5 Å². The highest BCUT2D eigenvalue weighted by Gasteiger charge is 2.21. The number of aryl methyl sites for hydroxylation is 1. The lowest BCUT2D eigenvalue weighted by Gasteiger charge is -2.02. The Morgan fingerprint density at radius 1 is 1.35 bits per heavy atom. The molecule has 0 saturated heterocycles. The molecule has 3 aromatic rings. The van der Waals surface area contributed by atoms with Gasteiger partial charge in [-0.05, 0) is 29.6 Å². The summed E-state index contributed by atoms with van der Waals surface area (Å²) < 4.78 is 27.7. The number of sulfonamides is 1. The van der Waals surface area contributed by atoms with E-state index < -0.39 is 15.9 Å². The summed E-state index contributed by atoms with van der Waals surface area (Å²) in [7, 11) is -2.21. The highest BCUT2D eigenvalue weighted by atomic mass is 32.2. The Bertz CT molecular complexity index is 932. The van der Waals surface area contributed by atoms with E-state index in [-0.39, 0.29) is 10.6 Å². The fraction of sp³-hybridized carbons (Fsp3) is 0.0714. The molecule has 0 saturated carbocycles. The predicted molar refractivity (Wildman–Crippen MR) is 85.4 cm³/mol. The second kappa shape index (κ2) is 5.94. The van der Waals surface area contributed by atoms with E-state index in [0.29, 0.717) is 5.69 Å². The molecule has 3 rings (SSSR count). The van der Waals surface area contributed by atoms with Gasteiger partial charge in [-0.15, -0.1) is 0 Å². The molecule has 1 N–H and O–H groups in total. The number of hydrogen-bond donors (Lipinski definition) is 1. The molecular weight excluding hydrogens is 336 g/mol. The van der Waals surface area contributed by atoms with Gasteiger partial charge in [0.2, 0.25) is 0 Å². The van der Waals surface area contributed by atoms with Gasteiger partial charge in [0, 0.05) is 30.4 Å². The average molecular weight is 348 g/mol. The van der Waals surface area contributed by atoms with Crippen LogP contribution in [0.1, 0.15) is 10.5 Å². The average Bonchev–Trinajstić information content (AvgIpc) is 3.17. The minimum Gasteiger partial charge on any atom is -0.267 e. The van der Waals surface area contributed by atoms with E-state index in [0.717, 1.165) is 5.56 Å². The van der Waals surface area contributed by atoms with Crippen LogP contribution in [0.3, 0.4) is 0 Å². The number of nitrogens with zero attached hydrogens (tertiary/aromatic N) is 3. The Labute approximate surface area is 136 Å². The van der Waals surface area contributed by atoms with Gasteiger partial charge < -0.3 is 0 Å². The zero-order valence-corrected chi connectivity index (χ0v) is 13.6. The Hall–Kier alpha value is -2.52. The van der Waals surface area contributed by atoms with Crippen molar-refractivity contribution in [2.45, 2.75) is 4.90 Å². The molecule has 0 aliphatic heterocycles. The fourth-order valence-corrected chi connectivity index (χ4v) is 3.99. The van der Waals surface area contributed by atoms with E-state index >= 15 is 0 Å². The van der Waals surface area contributed by atoms with E-state index in [4.69, 9.17) is 0 Å².